The van der Waals surface area contributed by atoms with Crippen LogP contribution in [0.15, 0.2) is 12.2 Å². The van der Waals surface area contributed by atoms with Crippen LogP contribution in [0.5, 0.6) is 0 Å². The summed E-state index contributed by atoms with van der Waals surface area (Å²) in [6.45, 7) is 5.44. The average Bonchev–Trinajstić information content (AvgIpc) is 1.67. The summed E-state index contributed by atoms with van der Waals surface area (Å²) in [4.78, 5) is 10.0. The molecule has 0 aliphatic rings. The van der Waals surface area contributed by atoms with Crippen molar-refractivity contribution >= 4 is 15.5 Å². The maximum absolute atomic E-state index is 10.0. The van der Waals surface area contributed by atoms with Crippen molar-refractivity contribution in [2.75, 3.05) is 0 Å². The molecule has 0 atom stereocenters. The standard InChI is InChI=1S/C5H10O2Si/c1-4(3-8-2)5(6)7/h1,3,8H2,2H3,(H,6,7). The van der Waals surface area contributed by atoms with Crippen molar-refractivity contribution in [3.63, 3.8) is 0 Å². The third-order valence-corrected chi connectivity index (χ3v) is 1.96. The SMILES string of the molecule is C=C(C[SiH2]C)C(=O)O. The Bertz CT molecular complexity index is 109. The molecule has 3 heteroatoms. The smallest absolute Gasteiger partial charge is 0.330 e. The first kappa shape index (κ1) is 7.43. The molecule has 0 spiro atoms. The van der Waals surface area contributed by atoms with E-state index in [1.807, 2.05) is 0 Å². The molecule has 2 nitrogen and oxygen atoms in total. The summed E-state index contributed by atoms with van der Waals surface area (Å²) >= 11 is 0. The van der Waals surface area contributed by atoms with Crippen LogP contribution < -0.4 is 0 Å². The third-order valence-electron chi connectivity index (χ3n) is 0.854. The molecular formula is C5H10O2Si. The molecule has 8 heavy (non-hydrogen) atoms. The van der Waals surface area contributed by atoms with Crippen molar-refractivity contribution in [1.29, 1.82) is 0 Å². The van der Waals surface area contributed by atoms with Gasteiger partial charge in [-0.1, -0.05) is 13.1 Å². The maximum Gasteiger partial charge on any atom is 0.330 e. The summed E-state index contributed by atoms with van der Waals surface area (Å²) < 4.78 is 0. The highest BCUT2D eigenvalue weighted by Gasteiger charge is 1.99. The lowest BCUT2D eigenvalue weighted by Crippen LogP contribution is -1.99. The van der Waals surface area contributed by atoms with Crippen molar-refractivity contribution in [3.8, 4) is 0 Å². The average molecular weight is 130 g/mol. The Morgan fingerprint density at radius 1 is 1.88 bits per heavy atom. The molecule has 0 fully saturated rings. The Labute approximate surface area is 51.0 Å². The minimum Gasteiger partial charge on any atom is -0.478 e. The summed E-state index contributed by atoms with van der Waals surface area (Å²) in [6.07, 6.45) is 0. The van der Waals surface area contributed by atoms with Crippen LogP contribution in [0.1, 0.15) is 0 Å². The molecule has 46 valence electrons. The van der Waals surface area contributed by atoms with E-state index in [1.54, 1.807) is 0 Å². The second-order valence-corrected chi connectivity index (χ2v) is 3.16. The summed E-state index contributed by atoms with van der Waals surface area (Å²) in [5.74, 6) is -0.848. The maximum atomic E-state index is 10.0. The molecule has 0 bridgehead atoms. The first-order valence-electron chi connectivity index (χ1n) is 2.59. The van der Waals surface area contributed by atoms with Crippen molar-refractivity contribution in [1.82, 2.24) is 0 Å². The fourth-order valence-corrected chi connectivity index (χ4v) is 1.23. The lowest BCUT2D eigenvalue weighted by atomic mass is 10.4. The fraction of sp³-hybridized carbons (Fsp3) is 0.400. The molecule has 0 rings (SSSR count). The minimum atomic E-state index is -0.848. The van der Waals surface area contributed by atoms with Crippen LogP contribution in [0.2, 0.25) is 12.6 Å². The van der Waals surface area contributed by atoms with Gasteiger partial charge in [-0.3, -0.25) is 0 Å². The van der Waals surface area contributed by atoms with Gasteiger partial charge in [0.15, 0.2) is 0 Å². The molecule has 0 radical (unpaired) electrons. The molecule has 0 heterocycles. The van der Waals surface area contributed by atoms with E-state index in [1.165, 1.54) is 0 Å². The van der Waals surface area contributed by atoms with E-state index in [4.69, 9.17) is 5.11 Å². The highest BCUT2D eigenvalue weighted by atomic mass is 28.2. The third kappa shape index (κ3) is 2.57. The number of carbonyl (C=O) groups is 1. The van der Waals surface area contributed by atoms with E-state index >= 15 is 0 Å². The van der Waals surface area contributed by atoms with Gasteiger partial charge < -0.3 is 5.11 Å². The summed E-state index contributed by atoms with van der Waals surface area (Å²) in [5, 5.41) is 8.24. The Kier molecular flexibility index (Phi) is 3.19. The van der Waals surface area contributed by atoms with E-state index in [2.05, 4.69) is 13.1 Å². The minimum absolute atomic E-state index is 0.157. The highest BCUT2D eigenvalue weighted by Crippen LogP contribution is 1.95. The predicted octanol–water partition coefficient (Wildman–Crippen LogP) is 0.262. The van der Waals surface area contributed by atoms with Crippen LogP contribution in [0.3, 0.4) is 0 Å². The monoisotopic (exact) mass is 130 g/mol. The van der Waals surface area contributed by atoms with Crippen LogP contribution in [0, 0.1) is 0 Å². The quantitative estimate of drug-likeness (QED) is 0.439. The lowest BCUT2D eigenvalue weighted by molar-refractivity contribution is -0.132. The number of aliphatic carboxylic acids is 1. The van der Waals surface area contributed by atoms with Crippen LogP contribution in [0.4, 0.5) is 0 Å². The summed E-state index contributed by atoms with van der Waals surface area (Å²) in [6, 6.07) is 0.731. The van der Waals surface area contributed by atoms with Gasteiger partial charge in [-0.2, -0.15) is 0 Å². The molecule has 0 unspecified atom stereocenters. The van der Waals surface area contributed by atoms with E-state index in [9.17, 15) is 4.79 Å². The van der Waals surface area contributed by atoms with Crippen molar-refractivity contribution in [2.45, 2.75) is 12.6 Å². The Hall–Kier alpha value is -0.573. The molecule has 0 aromatic carbocycles. The highest BCUT2D eigenvalue weighted by molar-refractivity contribution is 6.35. The lowest BCUT2D eigenvalue weighted by Gasteiger charge is -1.91. The number of carboxylic acid groups (broad SMARTS) is 1. The number of carboxylic acids is 1. The largest absolute Gasteiger partial charge is 0.478 e. The number of hydrogen-bond donors (Lipinski definition) is 1. The van der Waals surface area contributed by atoms with Crippen LogP contribution >= 0.6 is 0 Å². The molecule has 0 aliphatic carbocycles. The van der Waals surface area contributed by atoms with Gasteiger partial charge in [-0.15, -0.1) is 0 Å². The van der Waals surface area contributed by atoms with Gasteiger partial charge >= 0.3 is 5.97 Å². The molecule has 0 saturated carbocycles. The zero-order chi connectivity index (χ0) is 6.57. The van der Waals surface area contributed by atoms with Crippen LogP contribution in [-0.4, -0.2) is 20.6 Å². The van der Waals surface area contributed by atoms with Crippen molar-refractivity contribution < 1.29 is 9.90 Å². The predicted molar refractivity (Wildman–Crippen MR) is 36.0 cm³/mol. The van der Waals surface area contributed by atoms with Crippen LogP contribution in [-0.2, 0) is 4.79 Å². The van der Waals surface area contributed by atoms with Gasteiger partial charge in [-0.25, -0.2) is 4.79 Å². The van der Waals surface area contributed by atoms with E-state index < -0.39 is 5.97 Å². The molecule has 1 N–H and O–H groups in total. The van der Waals surface area contributed by atoms with Gasteiger partial charge in [0.25, 0.3) is 0 Å². The van der Waals surface area contributed by atoms with Crippen molar-refractivity contribution in [2.24, 2.45) is 0 Å². The molecule has 0 aliphatic heterocycles. The zero-order valence-electron chi connectivity index (χ0n) is 4.98. The normalized spacial score (nSPS) is 10.1. The fourth-order valence-electron chi connectivity index (χ4n) is 0.409. The second-order valence-electron chi connectivity index (χ2n) is 1.66. The molecule has 0 aromatic rings. The van der Waals surface area contributed by atoms with Gasteiger partial charge in [-0.05, 0) is 6.04 Å². The molecule has 0 amide bonds. The van der Waals surface area contributed by atoms with Crippen molar-refractivity contribution in [3.05, 3.63) is 12.2 Å². The first-order valence-corrected chi connectivity index (χ1v) is 5.01. The molecule has 0 aromatic heterocycles. The first-order chi connectivity index (χ1) is 3.68. The number of hydrogen-bond acceptors (Lipinski definition) is 1. The summed E-state index contributed by atoms with van der Waals surface area (Å²) in [5.41, 5.74) is 0.360. The summed E-state index contributed by atoms with van der Waals surface area (Å²) in [7, 11) is -0.157. The van der Waals surface area contributed by atoms with Gasteiger partial charge in [0.2, 0.25) is 0 Å². The number of rotatable bonds is 3. The van der Waals surface area contributed by atoms with Gasteiger partial charge in [0.1, 0.15) is 0 Å². The Morgan fingerprint density at radius 3 is 2.50 bits per heavy atom. The topological polar surface area (TPSA) is 37.3 Å². The van der Waals surface area contributed by atoms with Gasteiger partial charge in [0.05, 0.1) is 0 Å². The Morgan fingerprint density at radius 2 is 2.38 bits per heavy atom. The van der Waals surface area contributed by atoms with Crippen LogP contribution in [0.25, 0.3) is 0 Å². The second kappa shape index (κ2) is 3.43. The Balaban J connectivity index is 3.49. The van der Waals surface area contributed by atoms with E-state index in [0.717, 1.165) is 6.04 Å². The molecular weight excluding hydrogens is 120 g/mol. The molecule has 0 saturated heterocycles. The van der Waals surface area contributed by atoms with Gasteiger partial charge in [0, 0.05) is 15.1 Å². The zero-order valence-corrected chi connectivity index (χ0v) is 6.39. The van der Waals surface area contributed by atoms with E-state index in [0.29, 0.717) is 5.57 Å². The van der Waals surface area contributed by atoms with E-state index in [-0.39, 0.29) is 9.52 Å².